The van der Waals surface area contributed by atoms with Crippen molar-refractivity contribution in [2.75, 3.05) is 0 Å². The van der Waals surface area contributed by atoms with Gasteiger partial charge in [-0.2, -0.15) is 4.68 Å². The van der Waals surface area contributed by atoms with Crippen molar-refractivity contribution >= 4 is 12.9 Å². The van der Waals surface area contributed by atoms with E-state index in [2.05, 4.69) is 25.5 Å². The lowest BCUT2D eigenvalue weighted by atomic mass is 9.84. The lowest BCUT2D eigenvalue weighted by Crippen LogP contribution is -2.49. The zero-order chi connectivity index (χ0) is 15.1. The minimum Gasteiger partial charge on any atom is -0.426 e. The molecule has 0 saturated carbocycles. The van der Waals surface area contributed by atoms with Crippen LogP contribution in [0.15, 0.2) is 12.4 Å². The summed E-state index contributed by atoms with van der Waals surface area (Å²) in [5, 5.41) is 10.1. The average Bonchev–Trinajstić information content (AvgIpc) is 2.54. The third-order valence-corrected chi connectivity index (χ3v) is 3.60. The molecule has 1 aromatic rings. The van der Waals surface area contributed by atoms with E-state index in [1.807, 2.05) is 38.0 Å². The second kappa shape index (κ2) is 4.95. The maximum absolute atomic E-state index is 10.1. The molecule has 0 aliphatic heterocycles. The van der Waals surface area contributed by atoms with Crippen molar-refractivity contribution in [3.8, 4) is 0 Å². The lowest BCUT2D eigenvalue weighted by Gasteiger charge is -2.37. The fraction of sp³-hybridized carbons (Fsp3) is 0.786. The van der Waals surface area contributed by atoms with Gasteiger partial charge in [-0.05, 0) is 48.5 Å². The van der Waals surface area contributed by atoms with E-state index in [4.69, 9.17) is 4.65 Å². The van der Waals surface area contributed by atoms with Gasteiger partial charge in [0.2, 0.25) is 0 Å². The van der Waals surface area contributed by atoms with E-state index in [1.54, 1.807) is 21.3 Å². The van der Waals surface area contributed by atoms with Crippen molar-refractivity contribution in [2.45, 2.75) is 65.2 Å². The molecule has 1 heterocycles. The summed E-state index contributed by atoms with van der Waals surface area (Å²) in [6, 6.07) is 0. The van der Waals surface area contributed by atoms with Crippen molar-refractivity contribution in [2.24, 2.45) is 7.05 Å². The Morgan fingerprint density at radius 2 is 1.68 bits per heavy atom. The Bertz CT molecular complexity index is 439. The predicted octanol–water partition coefficient (Wildman–Crippen LogP) is 0.878. The van der Waals surface area contributed by atoms with E-state index >= 15 is 0 Å². The highest BCUT2D eigenvalue weighted by Crippen LogP contribution is 2.24. The van der Waals surface area contributed by atoms with E-state index in [0.29, 0.717) is 0 Å². The first-order valence-corrected chi connectivity index (χ1v) is 6.67. The Hall–Kier alpha value is -0.805. The molecule has 1 aromatic heterocycles. The van der Waals surface area contributed by atoms with Crippen LogP contribution in [0.4, 0.5) is 0 Å². The quantitative estimate of drug-likeness (QED) is 0.649. The van der Waals surface area contributed by atoms with E-state index in [9.17, 15) is 5.11 Å². The number of aryl methyl sites for hydroxylation is 1. The van der Waals surface area contributed by atoms with Gasteiger partial charge in [0, 0.05) is 5.46 Å². The van der Waals surface area contributed by atoms with Gasteiger partial charge in [0.25, 0.3) is 0 Å². The number of hydrogen-bond acceptors (Lipinski definition) is 2. The Kier molecular flexibility index (Phi) is 4.23. The SMILES string of the molecule is C[n+]1cc([B]OC(C)(C)C(C)(C)O)cn1C(C)(C)C. The summed E-state index contributed by atoms with van der Waals surface area (Å²) in [6.45, 7) is 13.7. The van der Waals surface area contributed by atoms with Crippen molar-refractivity contribution < 1.29 is 14.4 Å². The van der Waals surface area contributed by atoms with Crippen molar-refractivity contribution in [1.29, 1.82) is 0 Å². The van der Waals surface area contributed by atoms with Crippen LogP contribution in [0, 0.1) is 0 Å². The summed E-state index contributed by atoms with van der Waals surface area (Å²) in [5.74, 6) is 0. The van der Waals surface area contributed by atoms with Gasteiger partial charge in [0.1, 0.15) is 0 Å². The maximum Gasteiger partial charge on any atom is 0.339 e. The van der Waals surface area contributed by atoms with Gasteiger partial charge in [-0.15, -0.1) is 4.68 Å². The molecule has 0 aliphatic carbocycles. The first kappa shape index (κ1) is 16.2. The largest absolute Gasteiger partial charge is 0.426 e. The molecule has 0 unspecified atom stereocenters. The van der Waals surface area contributed by atoms with Gasteiger partial charge >= 0.3 is 7.48 Å². The lowest BCUT2D eigenvalue weighted by molar-refractivity contribution is -0.759. The Balaban J connectivity index is 2.81. The third-order valence-electron chi connectivity index (χ3n) is 3.60. The minimum absolute atomic E-state index is 0.0204. The molecule has 4 nitrogen and oxygen atoms in total. The first-order chi connectivity index (χ1) is 8.34. The monoisotopic (exact) mass is 266 g/mol. The summed E-state index contributed by atoms with van der Waals surface area (Å²) >= 11 is 0. The van der Waals surface area contributed by atoms with Gasteiger partial charge in [0.15, 0.2) is 13.2 Å². The molecule has 0 amide bonds. The molecule has 0 bridgehead atoms. The third kappa shape index (κ3) is 3.83. The van der Waals surface area contributed by atoms with Gasteiger partial charge in [0.05, 0.1) is 22.9 Å². The fourth-order valence-electron chi connectivity index (χ4n) is 1.63. The highest BCUT2D eigenvalue weighted by molar-refractivity contribution is 6.46. The summed E-state index contributed by atoms with van der Waals surface area (Å²) in [7, 11) is 3.71. The van der Waals surface area contributed by atoms with E-state index in [-0.39, 0.29) is 5.54 Å². The van der Waals surface area contributed by atoms with Crippen LogP contribution in [-0.4, -0.2) is 28.5 Å². The summed E-state index contributed by atoms with van der Waals surface area (Å²) in [5.41, 5.74) is -0.546. The Morgan fingerprint density at radius 1 is 1.16 bits per heavy atom. The number of aromatic nitrogens is 2. The van der Waals surface area contributed by atoms with Crippen LogP contribution in [0.1, 0.15) is 48.5 Å². The van der Waals surface area contributed by atoms with Crippen LogP contribution < -0.4 is 10.1 Å². The summed E-state index contributed by atoms with van der Waals surface area (Å²) < 4.78 is 9.93. The molecule has 0 aliphatic rings. The summed E-state index contributed by atoms with van der Waals surface area (Å²) in [6.07, 6.45) is 4.05. The second-order valence-corrected chi connectivity index (χ2v) is 7.15. The Morgan fingerprint density at radius 3 is 2.05 bits per heavy atom. The van der Waals surface area contributed by atoms with Crippen LogP contribution in [0.25, 0.3) is 0 Å². The molecule has 0 fully saturated rings. The molecule has 1 radical (unpaired) electrons. The average molecular weight is 266 g/mol. The fourth-order valence-corrected chi connectivity index (χ4v) is 1.63. The molecule has 19 heavy (non-hydrogen) atoms. The molecule has 0 atom stereocenters. The highest BCUT2D eigenvalue weighted by Gasteiger charge is 2.36. The molecular weight excluding hydrogens is 239 g/mol. The zero-order valence-corrected chi connectivity index (χ0v) is 13.5. The zero-order valence-electron chi connectivity index (χ0n) is 13.5. The van der Waals surface area contributed by atoms with Crippen LogP contribution >= 0.6 is 0 Å². The molecular formula is C14H27BN2O2+. The molecule has 5 heteroatoms. The van der Waals surface area contributed by atoms with E-state index in [0.717, 1.165) is 5.46 Å². The topological polar surface area (TPSA) is 38.3 Å². The summed E-state index contributed by atoms with van der Waals surface area (Å²) in [4.78, 5) is 0. The maximum atomic E-state index is 10.1. The molecule has 0 spiro atoms. The molecule has 0 aromatic carbocycles. The van der Waals surface area contributed by atoms with Gasteiger partial charge in [-0.3, -0.25) is 0 Å². The highest BCUT2D eigenvalue weighted by atomic mass is 16.5. The molecule has 107 valence electrons. The number of nitrogens with zero attached hydrogens (tertiary/aromatic N) is 2. The first-order valence-electron chi connectivity index (χ1n) is 6.67. The van der Waals surface area contributed by atoms with Gasteiger partial charge in [-0.25, -0.2) is 0 Å². The van der Waals surface area contributed by atoms with Crippen molar-refractivity contribution in [3.63, 3.8) is 0 Å². The predicted molar refractivity (Wildman–Crippen MR) is 77.5 cm³/mol. The smallest absolute Gasteiger partial charge is 0.339 e. The van der Waals surface area contributed by atoms with Crippen LogP contribution in [-0.2, 0) is 17.2 Å². The van der Waals surface area contributed by atoms with Crippen LogP contribution in [0.5, 0.6) is 0 Å². The normalized spacial score (nSPS) is 13.7. The number of rotatable bonds is 4. The van der Waals surface area contributed by atoms with Crippen molar-refractivity contribution in [3.05, 3.63) is 12.4 Å². The minimum atomic E-state index is -0.904. The van der Waals surface area contributed by atoms with Crippen LogP contribution in [0.2, 0.25) is 0 Å². The van der Waals surface area contributed by atoms with E-state index in [1.165, 1.54) is 0 Å². The molecule has 0 saturated heterocycles. The second-order valence-electron chi connectivity index (χ2n) is 7.15. The van der Waals surface area contributed by atoms with E-state index < -0.39 is 11.2 Å². The van der Waals surface area contributed by atoms with Crippen LogP contribution in [0.3, 0.4) is 0 Å². The molecule has 1 rings (SSSR count). The Labute approximate surface area is 117 Å². The van der Waals surface area contributed by atoms with Gasteiger partial charge in [-0.1, -0.05) is 0 Å². The van der Waals surface area contributed by atoms with Gasteiger partial charge < -0.3 is 9.76 Å². The number of hydrogen-bond donors (Lipinski definition) is 1. The standard InChI is InChI=1S/C14H27BN2O2/c1-12(2,3)17-10-11(9-16(17)8)15-19-14(6,7)13(4,5)18/h9-10,18H,1-8H3/q+1. The molecule has 1 N–H and O–H groups in total. The van der Waals surface area contributed by atoms with Crippen molar-refractivity contribution in [1.82, 2.24) is 4.68 Å². The number of aliphatic hydroxyl groups is 1.